The Morgan fingerprint density at radius 2 is 1.61 bits per heavy atom. The first-order chi connectivity index (χ1) is 17.9. The third-order valence-corrected chi connectivity index (χ3v) is 8.84. The molecule has 0 spiro atoms. The molecule has 0 saturated heterocycles. The summed E-state index contributed by atoms with van der Waals surface area (Å²) >= 11 is 18.5. The number of sulfonamides is 1. The van der Waals surface area contributed by atoms with E-state index in [4.69, 9.17) is 34.8 Å². The second-order valence-corrected chi connectivity index (χ2v) is 11.7. The van der Waals surface area contributed by atoms with Crippen LogP contribution in [0.15, 0.2) is 71.6 Å². The third-order valence-electron chi connectivity index (χ3n) is 5.91. The molecule has 3 aromatic carbocycles. The predicted molar refractivity (Wildman–Crippen MR) is 152 cm³/mol. The lowest BCUT2D eigenvalue weighted by Crippen LogP contribution is -2.51. The van der Waals surface area contributed by atoms with Gasteiger partial charge in [0.2, 0.25) is 11.8 Å². The van der Waals surface area contributed by atoms with Gasteiger partial charge in [-0.2, -0.15) is 0 Å². The number of nitrogens with zero attached hydrogens (tertiary/aromatic N) is 2. The number of nitrogens with one attached hydrogen (secondary N) is 1. The molecule has 1 atom stereocenters. The van der Waals surface area contributed by atoms with Crippen LogP contribution < -0.4 is 9.62 Å². The molecule has 0 aliphatic heterocycles. The number of rotatable bonds is 10. The molecule has 202 valence electrons. The number of carbonyl (C=O) groups is 2. The van der Waals surface area contributed by atoms with Crippen LogP contribution in [0.1, 0.15) is 25.0 Å². The standard InChI is InChI=1S/C27H28Cl3N3O4S/c1-4-31-27(35)19(3)32(16-20-11-13-23(28)25(30)14-20)26(34)17-33(21-12-10-18(2)24(29)15-21)38(36,37)22-8-6-5-7-9-22/h5-15,19H,4,16-17H2,1-3H3,(H,31,35)/t19-/m0/s1. The summed E-state index contributed by atoms with van der Waals surface area (Å²) in [5.41, 5.74) is 1.60. The van der Waals surface area contributed by atoms with E-state index in [9.17, 15) is 18.0 Å². The molecule has 0 aromatic heterocycles. The summed E-state index contributed by atoms with van der Waals surface area (Å²) in [6.07, 6.45) is 0. The van der Waals surface area contributed by atoms with Crippen molar-refractivity contribution in [2.24, 2.45) is 0 Å². The molecule has 2 amide bonds. The second kappa shape index (κ2) is 12.8. The van der Waals surface area contributed by atoms with E-state index >= 15 is 0 Å². The Kier molecular flexibility index (Phi) is 10.1. The Balaban J connectivity index is 2.05. The summed E-state index contributed by atoms with van der Waals surface area (Å²) in [6.45, 7) is 4.95. The number of halogens is 3. The molecule has 0 aliphatic rings. The lowest BCUT2D eigenvalue weighted by Gasteiger charge is -2.32. The van der Waals surface area contributed by atoms with Crippen molar-refractivity contribution < 1.29 is 18.0 Å². The van der Waals surface area contributed by atoms with Crippen molar-refractivity contribution >= 4 is 62.3 Å². The highest BCUT2D eigenvalue weighted by atomic mass is 35.5. The molecule has 3 aromatic rings. The van der Waals surface area contributed by atoms with Gasteiger partial charge in [-0.1, -0.05) is 65.1 Å². The normalized spacial score (nSPS) is 12.1. The fourth-order valence-electron chi connectivity index (χ4n) is 3.72. The summed E-state index contributed by atoms with van der Waals surface area (Å²) in [6, 6.07) is 16.6. The van der Waals surface area contributed by atoms with Crippen molar-refractivity contribution in [3.8, 4) is 0 Å². The van der Waals surface area contributed by atoms with Crippen LogP contribution in [0.4, 0.5) is 5.69 Å². The van der Waals surface area contributed by atoms with Gasteiger partial charge in [0.15, 0.2) is 0 Å². The highest BCUT2D eigenvalue weighted by Crippen LogP contribution is 2.29. The largest absolute Gasteiger partial charge is 0.355 e. The molecule has 38 heavy (non-hydrogen) atoms. The molecule has 3 rings (SSSR count). The molecule has 0 unspecified atom stereocenters. The van der Waals surface area contributed by atoms with Crippen LogP contribution in [0.5, 0.6) is 0 Å². The van der Waals surface area contributed by atoms with Crippen molar-refractivity contribution in [1.29, 1.82) is 0 Å². The minimum absolute atomic E-state index is 0.00189. The topological polar surface area (TPSA) is 86.8 Å². The van der Waals surface area contributed by atoms with E-state index in [1.165, 1.54) is 23.1 Å². The molecule has 0 saturated carbocycles. The van der Waals surface area contributed by atoms with E-state index in [-0.39, 0.29) is 23.0 Å². The smallest absolute Gasteiger partial charge is 0.264 e. The van der Waals surface area contributed by atoms with E-state index < -0.39 is 28.5 Å². The van der Waals surface area contributed by atoms with Gasteiger partial charge in [-0.05, 0) is 68.3 Å². The first kappa shape index (κ1) is 29.8. The lowest BCUT2D eigenvalue weighted by atomic mass is 10.1. The summed E-state index contributed by atoms with van der Waals surface area (Å²) in [7, 11) is -4.17. The van der Waals surface area contributed by atoms with Gasteiger partial charge in [0.1, 0.15) is 12.6 Å². The van der Waals surface area contributed by atoms with Crippen LogP contribution in [0, 0.1) is 6.92 Å². The maximum atomic E-state index is 13.8. The number of carbonyl (C=O) groups excluding carboxylic acids is 2. The van der Waals surface area contributed by atoms with E-state index in [2.05, 4.69) is 5.32 Å². The Hall–Kier alpha value is -2.78. The molecule has 0 radical (unpaired) electrons. The Morgan fingerprint density at radius 3 is 2.21 bits per heavy atom. The lowest BCUT2D eigenvalue weighted by molar-refractivity contribution is -0.139. The van der Waals surface area contributed by atoms with Crippen LogP contribution in [0.2, 0.25) is 15.1 Å². The predicted octanol–water partition coefficient (Wildman–Crippen LogP) is 5.70. The number of amides is 2. The van der Waals surface area contributed by atoms with Gasteiger partial charge in [-0.3, -0.25) is 13.9 Å². The fraction of sp³-hybridized carbons (Fsp3) is 0.259. The average molecular weight is 597 g/mol. The van der Waals surface area contributed by atoms with Crippen molar-refractivity contribution in [3.63, 3.8) is 0 Å². The molecular formula is C27H28Cl3N3O4S. The average Bonchev–Trinajstić information content (AvgIpc) is 2.89. The van der Waals surface area contributed by atoms with Crippen LogP contribution in [-0.4, -0.2) is 44.3 Å². The number of hydrogen-bond acceptors (Lipinski definition) is 4. The zero-order chi connectivity index (χ0) is 28.0. The Labute approximate surface area is 238 Å². The highest BCUT2D eigenvalue weighted by molar-refractivity contribution is 7.92. The summed E-state index contributed by atoms with van der Waals surface area (Å²) in [4.78, 5) is 27.9. The molecular weight excluding hydrogens is 569 g/mol. The summed E-state index contributed by atoms with van der Waals surface area (Å²) in [5.74, 6) is -0.970. The Bertz CT molecular complexity index is 1420. The quantitative estimate of drug-likeness (QED) is 0.325. The molecule has 7 nitrogen and oxygen atoms in total. The van der Waals surface area contributed by atoms with Gasteiger partial charge >= 0.3 is 0 Å². The molecule has 11 heteroatoms. The Morgan fingerprint density at radius 1 is 0.921 bits per heavy atom. The van der Waals surface area contributed by atoms with Crippen LogP contribution in [0.25, 0.3) is 0 Å². The SMILES string of the molecule is CCNC(=O)[C@H](C)N(Cc1ccc(Cl)c(Cl)c1)C(=O)CN(c1ccc(C)c(Cl)c1)S(=O)(=O)c1ccccc1. The van der Waals surface area contributed by atoms with Gasteiger partial charge in [-0.15, -0.1) is 0 Å². The number of likely N-dealkylation sites (N-methyl/N-ethyl adjacent to an activating group) is 1. The van der Waals surface area contributed by atoms with E-state index in [0.717, 1.165) is 9.87 Å². The maximum absolute atomic E-state index is 13.8. The summed E-state index contributed by atoms with van der Waals surface area (Å²) in [5, 5.41) is 3.71. The van der Waals surface area contributed by atoms with Crippen LogP contribution >= 0.6 is 34.8 Å². The van der Waals surface area contributed by atoms with Crippen molar-refractivity contribution in [1.82, 2.24) is 10.2 Å². The molecule has 0 aliphatic carbocycles. The van der Waals surface area contributed by atoms with Gasteiger partial charge in [0.05, 0.1) is 20.6 Å². The van der Waals surface area contributed by atoms with Crippen LogP contribution in [0.3, 0.4) is 0 Å². The summed E-state index contributed by atoms with van der Waals surface area (Å²) < 4.78 is 28.5. The van der Waals surface area contributed by atoms with Crippen LogP contribution in [-0.2, 0) is 26.2 Å². The van der Waals surface area contributed by atoms with Gasteiger partial charge < -0.3 is 10.2 Å². The first-order valence-electron chi connectivity index (χ1n) is 11.8. The number of hydrogen-bond donors (Lipinski definition) is 1. The van der Waals surface area contributed by atoms with E-state index in [0.29, 0.717) is 27.2 Å². The molecule has 0 fully saturated rings. The maximum Gasteiger partial charge on any atom is 0.264 e. The monoisotopic (exact) mass is 595 g/mol. The van der Waals surface area contributed by atoms with Gasteiger partial charge in [0, 0.05) is 18.1 Å². The first-order valence-corrected chi connectivity index (χ1v) is 14.4. The van der Waals surface area contributed by atoms with E-state index in [1.54, 1.807) is 69.3 Å². The molecule has 0 heterocycles. The number of anilines is 1. The van der Waals surface area contributed by atoms with Crippen molar-refractivity contribution in [2.75, 3.05) is 17.4 Å². The zero-order valence-electron chi connectivity index (χ0n) is 21.1. The molecule has 1 N–H and O–H groups in total. The van der Waals surface area contributed by atoms with Gasteiger partial charge in [0.25, 0.3) is 10.0 Å². The van der Waals surface area contributed by atoms with Crippen molar-refractivity contribution in [2.45, 2.75) is 38.3 Å². The highest BCUT2D eigenvalue weighted by Gasteiger charge is 2.32. The second-order valence-electron chi connectivity index (χ2n) is 8.60. The third kappa shape index (κ3) is 6.99. The fourth-order valence-corrected chi connectivity index (χ4v) is 5.65. The van der Waals surface area contributed by atoms with E-state index in [1.807, 2.05) is 0 Å². The van der Waals surface area contributed by atoms with Crippen molar-refractivity contribution in [3.05, 3.63) is 92.9 Å². The number of aryl methyl sites for hydroxylation is 1. The number of benzene rings is 3. The zero-order valence-corrected chi connectivity index (χ0v) is 24.2. The molecule has 0 bridgehead atoms. The van der Waals surface area contributed by atoms with Gasteiger partial charge in [-0.25, -0.2) is 8.42 Å². The minimum atomic E-state index is -4.17. The minimum Gasteiger partial charge on any atom is -0.355 e.